The second kappa shape index (κ2) is 7.63. The van der Waals surface area contributed by atoms with E-state index in [-0.39, 0.29) is 5.11 Å². The molecule has 0 spiro atoms. The molecule has 8 heteroatoms. The summed E-state index contributed by atoms with van der Waals surface area (Å²) in [6.45, 7) is 4.15. The van der Waals surface area contributed by atoms with Crippen LogP contribution in [0.25, 0.3) is 0 Å². The predicted molar refractivity (Wildman–Crippen MR) is 106 cm³/mol. The van der Waals surface area contributed by atoms with Crippen molar-refractivity contribution in [3.05, 3.63) is 60.2 Å². The van der Waals surface area contributed by atoms with Crippen molar-refractivity contribution < 1.29 is 14.3 Å². The van der Waals surface area contributed by atoms with Crippen LogP contribution in [0, 0.1) is 0 Å². The first-order valence-corrected chi connectivity index (χ1v) is 8.87. The second-order valence-electron chi connectivity index (χ2n) is 6.09. The number of nitrogens with zero attached hydrogens (tertiary/aromatic N) is 1. The van der Waals surface area contributed by atoms with Crippen molar-refractivity contribution in [2.24, 2.45) is 0 Å². The zero-order valence-corrected chi connectivity index (χ0v) is 15.8. The first kappa shape index (κ1) is 18.7. The topological polar surface area (TPSA) is 82.7 Å². The molecule has 1 fully saturated rings. The van der Waals surface area contributed by atoms with E-state index in [1.165, 1.54) is 0 Å². The maximum absolute atomic E-state index is 12.8. The Morgan fingerprint density at radius 1 is 1.15 bits per heavy atom. The van der Waals surface area contributed by atoms with Crippen molar-refractivity contribution in [1.29, 1.82) is 0 Å². The van der Waals surface area contributed by atoms with Gasteiger partial charge in [-0.25, -0.2) is 4.79 Å². The SMILES string of the molecule is CCOc1ccc(NC(=S)NN2C(=O)N[C@@](C)(c3ccccc3)C2=O)cc1. The van der Waals surface area contributed by atoms with Gasteiger partial charge < -0.3 is 15.4 Å². The minimum atomic E-state index is -1.15. The molecule has 0 aliphatic carbocycles. The summed E-state index contributed by atoms with van der Waals surface area (Å²) in [4.78, 5) is 25.1. The van der Waals surface area contributed by atoms with Crippen LogP contribution in [0.3, 0.4) is 0 Å². The van der Waals surface area contributed by atoms with E-state index < -0.39 is 17.5 Å². The van der Waals surface area contributed by atoms with E-state index >= 15 is 0 Å². The number of benzene rings is 2. The first-order valence-electron chi connectivity index (χ1n) is 8.47. The molecule has 1 aliphatic heterocycles. The number of ether oxygens (including phenoxy) is 1. The zero-order valence-electron chi connectivity index (χ0n) is 15.0. The molecule has 2 aromatic carbocycles. The minimum Gasteiger partial charge on any atom is -0.494 e. The van der Waals surface area contributed by atoms with Gasteiger partial charge in [-0.3, -0.25) is 10.2 Å². The highest BCUT2D eigenvalue weighted by atomic mass is 32.1. The number of hydrogen-bond donors (Lipinski definition) is 3. The van der Waals surface area contributed by atoms with Gasteiger partial charge in [-0.15, -0.1) is 0 Å². The number of carbonyl (C=O) groups excluding carboxylic acids is 2. The fraction of sp³-hybridized carbons (Fsp3) is 0.211. The van der Waals surface area contributed by atoms with Gasteiger partial charge in [0.1, 0.15) is 11.3 Å². The molecule has 1 saturated heterocycles. The van der Waals surface area contributed by atoms with E-state index in [0.29, 0.717) is 17.9 Å². The smallest absolute Gasteiger partial charge is 0.344 e. The lowest BCUT2D eigenvalue weighted by atomic mass is 9.92. The highest BCUT2D eigenvalue weighted by molar-refractivity contribution is 7.80. The van der Waals surface area contributed by atoms with E-state index in [4.69, 9.17) is 17.0 Å². The highest BCUT2D eigenvalue weighted by Gasteiger charge is 2.49. The van der Waals surface area contributed by atoms with Crippen LogP contribution in [-0.2, 0) is 10.3 Å². The number of amides is 3. The Morgan fingerprint density at radius 2 is 1.81 bits per heavy atom. The summed E-state index contributed by atoms with van der Waals surface area (Å²) < 4.78 is 5.38. The van der Waals surface area contributed by atoms with Gasteiger partial charge in [-0.1, -0.05) is 30.3 Å². The molecule has 1 atom stereocenters. The number of hydrazine groups is 1. The maximum atomic E-state index is 12.8. The summed E-state index contributed by atoms with van der Waals surface area (Å²) in [7, 11) is 0. The Bertz CT molecular complexity index is 857. The van der Waals surface area contributed by atoms with Crippen molar-refractivity contribution in [3.63, 3.8) is 0 Å². The van der Waals surface area contributed by atoms with E-state index in [9.17, 15) is 9.59 Å². The Balaban J connectivity index is 1.67. The fourth-order valence-electron chi connectivity index (χ4n) is 2.77. The van der Waals surface area contributed by atoms with Crippen LogP contribution < -0.4 is 20.8 Å². The monoisotopic (exact) mass is 384 g/mol. The van der Waals surface area contributed by atoms with Crippen LogP contribution in [0.1, 0.15) is 19.4 Å². The third kappa shape index (κ3) is 3.85. The average molecular weight is 384 g/mol. The van der Waals surface area contributed by atoms with Gasteiger partial charge in [0, 0.05) is 5.69 Å². The number of rotatable bonds is 5. The summed E-state index contributed by atoms with van der Waals surface area (Å²) in [5.41, 5.74) is 2.90. The molecule has 0 radical (unpaired) electrons. The Morgan fingerprint density at radius 3 is 2.44 bits per heavy atom. The Kier molecular flexibility index (Phi) is 5.27. The summed E-state index contributed by atoms with van der Waals surface area (Å²) in [6, 6.07) is 15.7. The van der Waals surface area contributed by atoms with Gasteiger partial charge in [0.25, 0.3) is 5.91 Å². The second-order valence-corrected chi connectivity index (χ2v) is 6.49. The third-order valence-electron chi connectivity index (χ3n) is 4.18. The summed E-state index contributed by atoms with van der Waals surface area (Å²) in [5.74, 6) is 0.309. The number of imide groups is 1. The Labute approximate surface area is 162 Å². The molecule has 1 heterocycles. The van der Waals surface area contributed by atoms with E-state index in [1.54, 1.807) is 43.3 Å². The average Bonchev–Trinajstić information content (AvgIpc) is 2.88. The van der Waals surface area contributed by atoms with Crippen molar-refractivity contribution in [2.45, 2.75) is 19.4 Å². The zero-order chi connectivity index (χ0) is 19.4. The number of carbonyl (C=O) groups is 2. The largest absolute Gasteiger partial charge is 0.494 e. The van der Waals surface area contributed by atoms with Crippen molar-refractivity contribution >= 4 is 35.0 Å². The first-order chi connectivity index (χ1) is 12.9. The molecule has 3 N–H and O–H groups in total. The molecule has 3 rings (SSSR count). The standard InChI is InChI=1S/C19H20N4O3S/c1-3-26-15-11-9-14(10-12-15)20-17(27)22-23-16(24)19(2,21-18(23)25)13-7-5-4-6-8-13/h4-12H,3H2,1-2H3,(H,21,25)(H2,20,22,27)/t19-/m0/s1. The maximum Gasteiger partial charge on any atom is 0.344 e. The fourth-order valence-corrected chi connectivity index (χ4v) is 2.98. The number of thiocarbonyl (C=S) groups is 1. The minimum absolute atomic E-state index is 0.125. The van der Waals surface area contributed by atoms with E-state index in [1.807, 2.05) is 25.1 Å². The van der Waals surface area contributed by atoms with Crippen LogP contribution in [-0.4, -0.2) is 28.7 Å². The Hall–Kier alpha value is -3.13. The lowest BCUT2D eigenvalue weighted by Gasteiger charge is -2.22. The van der Waals surface area contributed by atoms with Gasteiger partial charge in [0.2, 0.25) is 0 Å². The highest BCUT2D eigenvalue weighted by Crippen LogP contribution is 2.27. The quantitative estimate of drug-likeness (QED) is 0.543. The molecule has 27 heavy (non-hydrogen) atoms. The summed E-state index contributed by atoms with van der Waals surface area (Å²) >= 11 is 5.23. The molecular weight excluding hydrogens is 364 g/mol. The molecule has 0 bridgehead atoms. The van der Waals surface area contributed by atoms with Gasteiger partial charge in [-0.2, -0.15) is 5.01 Å². The predicted octanol–water partition coefficient (Wildman–Crippen LogP) is 2.75. The van der Waals surface area contributed by atoms with Crippen LogP contribution in [0.2, 0.25) is 0 Å². The molecule has 3 amide bonds. The molecule has 0 unspecified atom stereocenters. The van der Waals surface area contributed by atoms with Gasteiger partial charge in [0.15, 0.2) is 5.11 Å². The summed E-state index contributed by atoms with van der Waals surface area (Å²) in [5, 5.41) is 6.66. The van der Waals surface area contributed by atoms with Crippen LogP contribution in [0.15, 0.2) is 54.6 Å². The molecule has 2 aromatic rings. The molecule has 7 nitrogen and oxygen atoms in total. The van der Waals surface area contributed by atoms with Crippen LogP contribution >= 0.6 is 12.2 Å². The molecule has 140 valence electrons. The third-order valence-corrected chi connectivity index (χ3v) is 4.37. The lowest BCUT2D eigenvalue weighted by Crippen LogP contribution is -2.49. The van der Waals surface area contributed by atoms with Gasteiger partial charge in [-0.05, 0) is 55.9 Å². The van der Waals surface area contributed by atoms with E-state index in [0.717, 1.165) is 10.8 Å². The van der Waals surface area contributed by atoms with E-state index in [2.05, 4.69) is 16.1 Å². The summed E-state index contributed by atoms with van der Waals surface area (Å²) in [6.07, 6.45) is 0. The van der Waals surface area contributed by atoms with Crippen LogP contribution in [0.4, 0.5) is 10.5 Å². The van der Waals surface area contributed by atoms with Crippen LogP contribution in [0.5, 0.6) is 5.75 Å². The molecule has 0 saturated carbocycles. The van der Waals surface area contributed by atoms with Gasteiger partial charge >= 0.3 is 6.03 Å². The number of hydrogen-bond acceptors (Lipinski definition) is 4. The number of anilines is 1. The van der Waals surface area contributed by atoms with Crippen molar-refractivity contribution in [1.82, 2.24) is 15.8 Å². The number of urea groups is 1. The van der Waals surface area contributed by atoms with Crippen molar-refractivity contribution in [2.75, 3.05) is 11.9 Å². The molecule has 0 aromatic heterocycles. The molecular formula is C19H20N4O3S. The normalized spacial score (nSPS) is 18.8. The van der Waals surface area contributed by atoms with Crippen molar-refractivity contribution in [3.8, 4) is 5.75 Å². The number of nitrogens with one attached hydrogen (secondary N) is 3. The van der Waals surface area contributed by atoms with Gasteiger partial charge in [0.05, 0.1) is 6.61 Å². The lowest BCUT2D eigenvalue weighted by molar-refractivity contribution is -0.132. The molecule has 1 aliphatic rings.